The fourth-order valence-corrected chi connectivity index (χ4v) is 7.04. The average molecular weight is 461 g/mol. The third-order valence-corrected chi connectivity index (χ3v) is 10.6. The molecular weight excluding hydrogens is 433 g/mol. The lowest BCUT2D eigenvalue weighted by Crippen LogP contribution is -2.40. The predicted octanol–water partition coefficient (Wildman–Crippen LogP) is 6.83. The second-order valence-electron chi connectivity index (χ2n) is 7.21. The van der Waals surface area contributed by atoms with E-state index in [0.717, 1.165) is 29.9 Å². The summed E-state index contributed by atoms with van der Waals surface area (Å²) in [4.78, 5) is 4.34. The van der Waals surface area contributed by atoms with Gasteiger partial charge in [0.15, 0.2) is 8.32 Å². The van der Waals surface area contributed by atoms with Gasteiger partial charge >= 0.3 is 0 Å². The molecule has 0 amide bonds. The van der Waals surface area contributed by atoms with Gasteiger partial charge in [0.05, 0.1) is 11.1 Å². The molecule has 1 aromatic carbocycles. The van der Waals surface area contributed by atoms with Gasteiger partial charge < -0.3 is 9.74 Å². The number of aromatic nitrogens is 1. The zero-order valence-electron chi connectivity index (χ0n) is 17.3. The summed E-state index contributed by atoms with van der Waals surface area (Å²) in [5.41, 5.74) is 1.91. The number of rotatable bonds is 10. The molecule has 29 heavy (non-hydrogen) atoms. The molecule has 0 saturated heterocycles. The van der Waals surface area contributed by atoms with E-state index in [1.54, 1.807) is 6.07 Å². The first-order chi connectivity index (χ1) is 13.7. The van der Waals surface area contributed by atoms with E-state index in [2.05, 4.69) is 31.1 Å². The van der Waals surface area contributed by atoms with Crippen LogP contribution in [0.4, 0.5) is 8.78 Å². The largest absolute Gasteiger partial charge is 0.408 e. The van der Waals surface area contributed by atoms with Crippen LogP contribution in [0.2, 0.25) is 28.3 Å². The Bertz CT molecular complexity index is 783. The standard InChI is InChI=1S/C21H28Cl2F2N2OSi/c1-5-29(6-2,7-3)28-19(20-18(22)8-14(4)27-21(20)23)13-26-12-15-9-16(24)11-17(25)10-15/h8-11,19,26H,5-7,12-13H2,1-4H3. The maximum atomic E-state index is 13.5. The molecule has 8 heteroatoms. The Balaban J connectivity index is 2.27. The van der Waals surface area contributed by atoms with Crippen molar-refractivity contribution in [2.45, 2.75) is 58.5 Å². The molecule has 1 heterocycles. The van der Waals surface area contributed by atoms with Gasteiger partial charge in [-0.05, 0) is 48.8 Å². The molecule has 2 rings (SSSR count). The average Bonchev–Trinajstić information content (AvgIpc) is 2.64. The highest BCUT2D eigenvalue weighted by atomic mass is 35.5. The van der Waals surface area contributed by atoms with Gasteiger partial charge in [-0.15, -0.1) is 0 Å². The summed E-state index contributed by atoms with van der Waals surface area (Å²) in [6.07, 6.45) is -0.395. The van der Waals surface area contributed by atoms with Crippen LogP contribution in [0.15, 0.2) is 24.3 Å². The molecule has 1 unspecified atom stereocenters. The topological polar surface area (TPSA) is 34.1 Å². The Labute approximate surface area is 182 Å². The first-order valence-corrected chi connectivity index (χ1v) is 13.2. The van der Waals surface area contributed by atoms with Crippen molar-refractivity contribution in [2.24, 2.45) is 0 Å². The molecule has 0 fully saturated rings. The van der Waals surface area contributed by atoms with Crippen molar-refractivity contribution < 1.29 is 13.2 Å². The molecule has 160 valence electrons. The van der Waals surface area contributed by atoms with Crippen LogP contribution >= 0.6 is 23.2 Å². The molecule has 3 nitrogen and oxygen atoms in total. The van der Waals surface area contributed by atoms with Crippen molar-refractivity contribution in [1.29, 1.82) is 0 Å². The molecule has 1 atom stereocenters. The number of nitrogens with zero attached hydrogens (tertiary/aromatic N) is 1. The van der Waals surface area contributed by atoms with Crippen molar-refractivity contribution in [1.82, 2.24) is 10.3 Å². The van der Waals surface area contributed by atoms with Gasteiger partial charge in [0.1, 0.15) is 16.8 Å². The predicted molar refractivity (Wildman–Crippen MR) is 118 cm³/mol. The van der Waals surface area contributed by atoms with Crippen molar-refractivity contribution in [2.75, 3.05) is 6.54 Å². The highest BCUT2D eigenvalue weighted by Gasteiger charge is 2.34. The van der Waals surface area contributed by atoms with Crippen LogP contribution in [0.3, 0.4) is 0 Å². The Kier molecular flexibility index (Phi) is 9.04. The molecule has 0 spiro atoms. The van der Waals surface area contributed by atoms with Gasteiger partial charge in [0, 0.05) is 30.4 Å². The van der Waals surface area contributed by atoms with Gasteiger partial charge in [-0.25, -0.2) is 13.8 Å². The maximum absolute atomic E-state index is 13.5. The Hall–Kier alpha value is -1.05. The summed E-state index contributed by atoms with van der Waals surface area (Å²) in [6.45, 7) is 8.97. The van der Waals surface area contributed by atoms with Crippen LogP contribution in [0, 0.1) is 18.6 Å². The molecule has 0 aliphatic heterocycles. The second-order valence-corrected chi connectivity index (χ2v) is 12.7. The van der Waals surface area contributed by atoms with Crippen LogP contribution in [-0.4, -0.2) is 19.8 Å². The minimum absolute atomic E-state index is 0.294. The number of hydrogen-bond acceptors (Lipinski definition) is 3. The fourth-order valence-electron chi connectivity index (χ4n) is 3.46. The Morgan fingerprint density at radius 1 is 1.03 bits per heavy atom. The lowest BCUT2D eigenvalue weighted by atomic mass is 10.1. The van der Waals surface area contributed by atoms with E-state index in [1.807, 2.05) is 6.92 Å². The number of halogens is 4. The Morgan fingerprint density at radius 2 is 1.62 bits per heavy atom. The third kappa shape index (κ3) is 6.46. The van der Waals surface area contributed by atoms with E-state index in [0.29, 0.717) is 34.4 Å². The van der Waals surface area contributed by atoms with Crippen LogP contribution < -0.4 is 5.32 Å². The lowest BCUT2D eigenvalue weighted by molar-refractivity contribution is 0.185. The third-order valence-electron chi connectivity index (χ3n) is 5.32. The van der Waals surface area contributed by atoms with Crippen LogP contribution in [0.5, 0.6) is 0 Å². The van der Waals surface area contributed by atoms with Gasteiger partial charge in [-0.3, -0.25) is 0 Å². The number of nitrogens with one attached hydrogen (secondary N) is 1. The van der Waals surface area contributed by atoms with Gasteiger partial charge in [0.25, 0.3) is 0 Å². The summed E-state index contributed by atoms with van der Waals surface area (Å²) in [6, 6.07) is 8.16. The summed E-state index contributed by atoms with van der Waals surface area (Å²) < 4.78 is 33.6. The molecule has 2 aromatic rings. The molecule has 1 aromatic heterocycles. The first kappa shape index (κ1) is 24.2. The monoisotopic (exact) mass is 460 g/mol. The number of hydrogen-bond donors (Lipinski definition) is 1. The van der Waals surface area contributed by atoms with Crippen molar-refractivity contribution >= 4 is 31.5 Å². The molecule has 0 radical (unpaired) electrons. The van der Waals surface area contributed by atoms with E-state index in [4.69, 9.17) is 27.6 Å². The molecule has 0 bridgehead atoms. The molecule has 0 aliphatic rings. The summed E-state index contributed by atoms with van der Waals surface area (Å²) in [5.74, 6) is -1.20. The number of pyridine rings is 1. The highest BCUT2D eigenvalue weighted by molar-refractivity contribution is 6.73. The summed E-state index contributed by atoms with van der Waals surface area (Å²) >= 11 is 12.9. The van der Waals surface area contributed by atoms with Crippen LogP contribution in [0.1, 0.15) is 43.7 Å². The minimum atomic E-state index is -1.97. The van der Waals surface area contributed by atoms with Gasteiger partial charge in [-0.1, -0.05) is 44.0 Å². The highest BCUT2D eigenvalue weighted by Crippen LogP contribution is 2.36. The first-order valence-electron chi connectivity index (χ1n) is 9.89. The molecule has 1 N–H and O–H groups in total. The van der Waals surface area contributed by atoms with Crippen molar-refractivity contribution in [3.8, 4) is 0 Å². The van der Waals surface area contributed by atoms with Gasteiger partial charge in [0.2, 0.25) is 0 Å². The van der Waals surface area contributed by atoms with Gasteiger partial charge in [-0.2, -0.15) is 0 Å². The second kappa shape index (κ2) is 10.8. The number of benzene rings is 1. The van der Waals surface area contributed by atoms with Crippen LogP contribution in [0.25, 0.3) is 0 Å². The zero-order valence-corrected chi connectivity index (χ0v) is 19.8. The maximum Gasteiger partial charge on any atom is 0.192 e. The van der Waals surface area contributed by atoms with Crippen LogP contribution in [-0.2, 0) is 11.0 Å². The van der Waals surface area contributed by atoms with Crippen molar-refractivity contribution in [3.05, 3.63) is 62.9 Å². The summed E-state index contributed by atoms with van der Waals surface area (Å²) in [7, 11) is -1.97. The summed E-state index contributed by atoms with van der Waals surface area (Å²) in [5, 5.41) is 4.07. The van der Waals surface area contributed by atoms with Crippen molar-refractivity contribution in [3.63, 3.8) is 0 Å². The zero-order chi connectivity index (χ0) is 21.6. The SMILES string of the molecule is CC[Si](CC)(CC)OC(CNCc1cc(F)cc(F)c1)c1c(Cl)cc(C)nc1Cl. The molecule has 0 aliphatic carbocycles. The lowest BCUT2D eigenvalue weighted by Gasteiger charge is -2.34. The normalized spacial score (nSPS) is 13.0. The van der Waals surface area contributed by atoms with E-state index < -0.39 is 26.1 Å². The smallest absolute Gasteiger partial charge is 0.192 e. The minimum Gasteiger partial charge on any atom is -0.408 e. The van der Waals surface area contributed by atoms with E-state index in [9.17, 15) is 8.78 Å². The van der Waals surface area contributed by atoms with E-state index in [-0.39, 0.29) is 0 Å². The Morgan fingerprint density at radius 3 is 2.14 bits per heavy atom. The fraction of sp³-hybridized carbons (Fsp3) is 0.476. The van der Waals surface area contributed by atoms with E-state index >= 15 is 0 Å². The number of aryl methyl sites for hydroxylation is 1. The molecular formula is C21H28Cl2F2N2OSi. The molecule has 0 saturated carbocycles. The van der Waals surface area contributed by atoms with E-state index in [1.165, 1.54) is 12.1 Å². The quantitative estimate of drug-likeness (QED) is 0.311.